The lowest BCUT2D eigenvalue weighted by molar-refractivity contribution is 0.241. The van der Waals surface area contributed by atoms with Gasteiger partial charge in [-0.05, 0) is 23.6 Å². The van der Waals surface area contributed by atoms with E-state index in [0.29, 0.717) is 0 Å². The number of fused-ring (bicyclic) bond motifs is 1. The molecule has 3 aromatic rings. The molecule has 3 heteroatoms. The number of aliphatic hydroxyl groups is 1. The van der Waals surface area contributed by atoms with Crippen LogP contribution in [0.25, 0.3) is 10.9 Å². The van der Waals surface area contributed by atoms with E-state index in [-0.39, 0.29) is 12.6 Å². The van der Waals surface area contributed by atoms with Gasteiger partial charge in [0.05, 0.1) is 6.61 Å². The molecule has 0 aliphatic rings. The van der Waals surface area contributed by atoms with E-state index in [1.807, 2.05) is 18.2 Å². The van der Waals surface area contributed by atoms with Crippen molar-refractivity contribution in [1.29, 1.82) is 0 Å². The normalized spacial score (nSPS) is 12.6. The van der Waals surface area contributed by atoms with Gasteiger partial charge in [0.15, 0.2) is 0 Å². The van der Waals surface area contributed by atoms with Crippen LogP contribution in [0.15, 0.2) is 60.8 Å². The molecule has 0 aliphatic heterocycles. The fourth-order valence-corrected chi connectivity index (χ4v) is 2.91. The van der Waals surface area contributed by atoms with Crippen molar-refractivity contribution in [1.82, 2.24) is 9.88 Å². The fraction of sp³-hybridized carbons (Fsp3) is 0.263. The summed E-state index contributed by atoms with van der Waals surface area (Å²) in [6.45, 7) is 0.910. The number of aliphatic hydroxyl groups excluding tert-OH is 1. The average Bonchev–Trinajstić information content (AvgIpc) is 2.89. The van der Waals surface area contributed by atoms with Crippen molar-refractivity contribution in [2.45, 2.75) is 19.0 Å². The minimum Gasteiger partial charge on any atom is -0.395 e. The van der Waals surface area contributed by atoms with Crippen molar-refractivity contribution in [3.63, 3.8) is 0 Å². The third-order valence-electron chi connectivity index (χ3n) is 4.10. The van der Waals surface area contributed by atoms with Crippen LogP contribution < -0.4 is 5.32 Å². The first kappa shape index (κ1) is 14.8. The Morgan fingerprint density at radius 3 is 2.55 bits per heavy atom. The van der Waals surface area contributed by atoms with E-state index >= 15 is 0 Å². The van der Waals surface area contributed by atoms with Gasteiger partial charge in [0, 0.05) is 36.7 Å². The maximum Gasteiger partial charge on any atom is 0.0588 e. The number of hydrogen-bond donors (Lipinski definition) is 2. The number of nitrogens with one attached hydrogen (secondary N) is 1. The van der Waals surface area contributed by atoms with Crippen LogP contribution in [0, 0.1) is 0 Å². The molecule has 2 N–H and O–H groups in total. The lowest BCUT2D eigenvalue weighted by Crippen LogP contribution is -2.33. The van der Waals surface area contributed by atoms with E-state index in [9.17, 15) is 5.11 Å². The maximum atomic E-state index is 9.67. The summed E-state index contributed by atoms with van der Waals surface area (Å²) in [6.07, 6.45) is 2.99. The van der Waals surface area contributed by atoms with Crippen molar-refractivity contribution >= 4 is 10.9 Å². The zero-order valence-corrected chi connectivity index (χ0v) is 12.9. The van der Waals surface area contributed by atoms with Gasteiger partial charge in [-0.25, -0.2) is 0 Å². The van der Waals surface area contributed by atoms with Crippen molar-refractivity contribution in [2.24, 2.45) is 7.05 Å². The van der Waals surface area contributed by atoms with Crippen LogP contribution in [0.3, 0.4) is 0 Å². The maximum absolute atomic E-state index is 9.67. The molecule has 3 nitrogen and oxygen atoms in total. The van der Waals surface area contributed by atoms with Gasteiger partial charge in [-0.2, -0.15) is 0 Å². The predicted molar refractivity (Wildman–Crippen MR) is 90.8 cm³/mol. The smallest absolute Gasteiger partial charge is 0.0588 e. The zero-order chi connectivity index (χ0) is 15.4. The van der Waals surface area contributed by atoms with Crippen LogP contribution in [0.5, 0.6) is 0 Å². The van der Waals surface area contributed by atoms with Crippen LogP contribution in [0.1, 0.15) is 11.1 Å². The Balaban J connectivity index is 1.72. The summed E-state index contributed by atoms with van der Waals surface area (Å²) in [7, 11) is 2.07. The SMILES string of the molecule is Cn1cc(C[C@@H](CO)NCc2ccccc2)c2ccccc21. The van der Waals surface area contributed by atoms with Gasteiger partial charge < -0.3 is 15.0 Å². The second-order valence-corrected chi connectivity index (χ2v) is 5.73. The van der Waals surface area contributed by atoms with E-state index in [1.54, 1.807) is 0 Å². The van der Waals surface area contributed by atoms with Crippen LogP contribution in [0.4, 0.5) is 0 Å². The topological polar surface area (TPSA) is 37.2 Å². The van der Waals surface area contributed by atoms with Gasteiger partial charge in [0.1, 0.15) is 0 Å². The van der Waals surface area contributed by atoms with E-state index in [1.165, 1.54) is 22.0 Å². The van der Waals surface area contributed by atoms with Crippen molar-refractivity contribution < 1.29 is 5.11 Å². The molecule has 114 valence electrons. The van der Waals surface area contributed by atoms with Crippen LogP contribution >= 0.6 is 0 Å². The van der Waals surface area contributed by atoms with Crippen molar-refractivity contribution in [3.8, 4) is 0 Å². The standard InChI is InChI=1S/C19H22N2O/c1-21-13-16(18-9-5-6-10-19(18)21)11-17(14-22)20-12-15-7-3-2-4-8-15/h2-10,13,17,20,22H,11-12,14H2,1H3/t17-/m0/s1. The Bertz CT molecular complexity index is 734. The highest BCUT2D eigenvalue weighted by Crippen LogP contribution is 2.21. The predicted octanol–water partition coefficient (Wildman–Crippen LogP) is 2.87. The lowest BCUT2D eigenvalue weighted by atomic mass is 10.1. The van der Waals surface area contributed by atoms with E-state index < -0.39 is 0 Å². The number of benzene rings is 2. The number of aromatic nitrogens is 1. The first-order valence-corrected chi connectivity index (χ1v) is 7.69. The molecule has 22 heavy (non-hydrogen) atoms. The summed E-state index contributed by atoms with van der Waals surface area (Å²) < 4.78 is 2.15. The average molecular weight is 294 g/mol. The Morgan fingerprint density at radius 1 is 1.05 bits per heavy atom. The van der Waals surface area contributed by atoms with E-state index in [4.69, 9.17) is 0 Å². The third-order valence-corrected chi connectivity index (χ3v) is 4.10. The molecule has 0 radical (unpaired) electrons. The van der Waals surface area contributed by atoms with Gasteiger partial charge >= 0.3 is 0 Å². The number of hydrogen-bond acceptors (Lipinski definition) is 2. The largest absolute Gasteiger partial charge is 0.395 e. The Labute approximate surface area is 131 Å². The highest BCUT2D eigenvalue weighted by Gasteiger charge is 2.12. The fourth-order valence-electron chi connectivity index (χ4n) is 2.91. The molecular weight excluding hydrogens is 272 g/mol. The van der Waals surface area contributed by atoms with Gasteiger partial charge in [-0.1, -0.05) is 48.5 Å². The summed E-state index contributed by atoms with van der Waals surface area (Å²) in [5.41, 5.74) is 3.74. The molecule has 1 atom stereocenters. The number of rotatable bonds is 6. The lowest BCUT2D eigenvalue weighted by Gasteiger charge is -2.16. The molecule has 3 rings (SSSR count). The van der Waals surface area contributed by atoms with Crippen molar-refractivity contribution in [2.75, 3.05) is 6.61 Å². The quantitative estimate of drug-likeness (QED) is 0.733. The summed E-state index contributed by atoms with van der Waals surface area (Å²) in [6, 6.07) is 18.7. The molecule has 0 aliphatic carbocycles. The third kappa shape index (κ3) is 3.21. The first-order chi connectivity index (χ1) is 10.8. The summed E-state index contributed by atoms with van der Waals surface area (Å²) in [5, 5.41) is 14.4. The molecule has 0 unspecified atom stereocenters. The summed E-state index contributed by atoms with van der Waals surface area (Å²) >= 11 is 0. The second-order valence-electron chi connectivity index (χ2n) is 5.73. The van der Waals surface area contributed by atoms with Gasteiger partial charge in [-0.3, -0.25) is 0 Å². The molecular formula is C19H22N2O. The summed E-state index contributed by atoms with van der Waals surface area (Å²) in [5.74, 6) is 0. The van der Waals surface area contributed by atoms with E-state index in [0.717, 1.165) is 13.0 Å². The number of nitrogens with zero attached hydrogens (tertiary/aromatic N) is 1. The molecule has 0 spiro atoms. The Morgan fingerprint density at radius 2 is 1.77 bits per heavy atom. The number of para-hydroxylation sites is 1. The molecule has 1 aromatic heterocycles. The highest BCUT2D eigenvalue weighted by molar-refractivity contribution is 5.83. The highest BCUT2D eigenvalue weighted by atomic mass is 16.3. The van der Waals surface area contributed by atoms with Crippen LogP contribution in [0.2, 0.25) is 0 Å². The summed E-state index contributed by atoms with van der Waals surface area (Å²) in [4.78, 5) is 0. The molecule has 0 amide bonds. The number of aryl methyl sites for hydroxylation is 1. The first-order valence-electron chi connectivity index (χ1n) is 7.69. The van der Waals surface area contributed by atoms with Crippen LogP contribution in [-0.2, 0) is 20.0 Å². The molecule has 0 bridgehead atoms. The zero-order valence-electron chi connectivity index (χ0n) is 12.9. The van der Waals surface area contributed by atoms with Gasteiger partial charge in [0.2, 0.25) is 0 Å². The van der Waals surface area contributed by atoms with Gasteiger partial charge in [0.25, 0.3) is 0 Å². The monoisotopic (exact) mass is 294 g/mol. The molecule has 0 saturated heterocycles. The van der Waals surface area contributed by atoms with E-state index in [2.05, 4.69) is 59.5 Å². The molecule has 1 heterocycles. The van der Waals surface area contributed by atoms with Crippen molar-refractivity contribution in [3.05, 3.63) is 71.9 Å². The van der Waals surface area contributed by atoms with Gasteiger partial charge in [-0.15, -0.1) is 0 Å². The van der Waals surface area contributed by atoms with Crippen LogP contribution in [-0.4, -0.2) is 22.3 Å². The minimum atomic E-state index is 0.0611. The Kier molecular flexibility index (Phi) is 4.56. The molecule has 2 aromatic carbocycles. The Hall–Kier alpha value is -2.10. The second kappa shape index (κ2) is 6.77. The minimum absolute atomic E-state index is 0.0611. The molecule has 0 fully saturated rings. The molecule has 0 saturated carbocycles.